The third-order valence-corrected chi connectivity index (χ3v) is 4.01. The summed E-state index contributed by atoms with van der Waals surface area (Å²) in [5.41, 5.74) is 0.418. The van der Waals surface area contributed by atoms with Crippen molar-refractivity contribution in [1.29, 1.82) is 5.26 Å². The number of furan rings is 1. The Morgan fingerprint density at radius 3 is 2.71 bits per heavy atom. The fourth-order valence-corrected chi connectivity index (χ4v) is 2.27. The lowest BCUT2D eigenvalue weighted by Gasteiger charge is -2.06. The fraction of sp³-hybridized carbons (Fsp3) is 0.154. The molecule has 0 bridgehead atoms. The third kappa shape index (κ3) is 3.39. The van der Waals surface area contributed by atoms with Gasteiger partial charge in [0, 0.05) is 0 Å². The van der Waals surface area contributed by atoms with Crippen LogP contribution in [0.4, 0.5) is 10.1 Å². The molecule has 0 unspecified atom stereocenters. The van der Waals surface area contributed by atoms with Crippen molar-refractivity contribution in [3.8, 4) is 6.07 Å². The number of hydrogen-bond acceptors (Lipinski definition) is 5. The molecule has 0 aliphatic rings. The van der Waals surface area contributed by atoms with Crippen molar-refractivity contribution in [2.45, 2.75) is 11.6 Å². The summed E-state index contributed by atoms with van der Waals surface area (Å²) in [7, 11) is -2.35. The van der Waals surface area contributed by atoms with E-state index in [9.17, 15) is 12.8 Å². The SMILES string of the molecule is CNS(=O)(=O)c1ccc(CNc2ccc(C#N)cc2F)o1. The van der Waals surface area contributed by atoms with Crippen molar-refractivity contribution >= 4 is 15.7 Å². The first kappa shape index (κ1) is 15.0. The molecule has 0 spiro atoms. The van der Waals surface area contributed by atoms with Gasteiger partial charge in [0.1, 0.15) is 11.6 Å². The van der Waals surface area contributed by atoms with Crippen LogP contribution < -0.4 is 10.0 Å². The van der Waals surface area contributed by atoms with Crippen LogP contribution in [0.15, 0.2) is 39.8 Å². The fourth-order valence-electron chi connectivity index (χ4n) is 1.61. The molecule has 1 aromatic carbocycles. The molecule has 0 aliphatic carbocycles. The lowest BCUT2D eigenvalue weighted by molar-refractivity contribution is 0.417. The van der Waals surface area contributed by atoms with Crippen LogP contribution in [0.5, 0.6) is 0 Å². The van der Waals surface area contributed by atoms with Crippen LogP contribution in [0, 0.1) is 17.1 Å². The Morgan fingerprint density at radius 1 is 1.33 bits per heavy atom. The molecule has 2 N–H and O–H groups in total. The van der Waals surface area contributed by atoms with Gasteiger partial charge < -0.3 is 9.73 Å². The Morgan fingerprint density at radius 2 is 2.10 bits per heavy atom. The molecule has 1 aromatic heterocycles. The number of rotatable bonds is 5. The first-order valence-corrected chi connectivity index (χ1v) is 7.40. The van der Waals surface area contributed by atoms with E-state index in [2.05, 4.69) is 10.0 Å². The van der Waals surface area contributed by atoms with Gasteiger partial charge in [-0.3, -0.25) is 0 Å². The second kappa shape index (κ2) is 5.95. The minimum Gasteiger partial charge on any atom is -0.446 e. The number of hydrogen-bond donors (Lipinski definition) is 2. The predicted octanol–water partition coefficient (Wildman–Crippen LogP) is 1.81. The predicted molar refractivity (Wildman–Crippen MR) is 73.4 cm³/mol. The molecular formula is C13H12FN3O3S. The quantitative estimate of drug-likeness (QED) is 0.878. The zero-order valence-electron chi connectivity index (χ0n) is 11.1. The van der Waals surface area contributed by atoms with Crippen LogP contribution in [-0.2, 0) is 16.6 Å². The van der Waals surface area contributed by atoms with E-state index in [1.54, 1.807) is 0 Å². The molecular weight excluding hydrogens is 297 g/mol. The highest BCUT2D eigenvalue weighted by Crippen LogP contribution is 2.18. The van der Waals surface area contributed by atoms with Gasteiger partial charge in [0.05, 0.1) is 23.9 Å². The number of anilines is 1. The summed E-state index contributed by atoms with van der Waals surface area (Å²) in [4.78, 5) is 0. The van der Waals surface area contributed by atoms with E-state index in [4.69, 9.17) is 9.68 Å². The van der Waals surface area contributed by atoms with Crippen molar-refractivity contribution < 1.29 is 17.2 Å². The van der Waals surface area contributed by atoms with Crippen LogP contribution in [0.1, 0.15) is 11.3 Å². The second-order valence-electron chi connectivity index (χ2n) is 4.09. The first-order chi connectivity index (χ1) is 9.96. The van der Waals surface area contributed by atoms with E-state index < -0.39 is 15.8 Å². The Hall–Kier alpha value is -2.37. The molecule has 0 radical (unpaired) electrons. The molecule has 0 saturated carbocycles. The van der Waals surface area contributed by atoms with Crippen LogP contribution in [0.2, 0.25) is 0 Å². The van der Waals surface area contributed by atoms with Crippen LogP contribution in [0.3, 0.4) is 0 Å². The Bertz CT molecular complexity index is 793. The molecule has 110 valence electrons. The zero-order valence-corrected chi connectivity index (χ0v) is 11.9. The van der Waals surface area contributed by atoms with Gasteiger partial charge >= 0.3 is 0 Å². The van der Waals surface area contributed by atoms with E-state index in [1.165, 1.54) is 31.3 Å². The summed E-state index contributed by atoms with van der Waals surface area (Å²) in [6, 6.07) is 8.66. The molecule has 0 fully saturated rings. The van der Waals surface area contributed by atoms with Crippen LogP contribution in [0.25, 0.3) is 0 Å². The monoisotopic (exact) mass is 309 g/mol. The maximum Gasteiger partial charge on any atom is 0.273 e. The zero-order chi connectivity index (χ0) is 15.5. The van der Waals surface area contributed by atoms with Gasteiger partial charge in [0.15, 0.2) is 0 Å². The minimum absolute atomic E-state index is 0.113. The van der Waals surface area contributed by atoms with Gasteiger partial charge in [-0.25, -0.2) is 17.5 Å². The van der Waals surface area contributed by atoms with Crippen molar-refractivity contribution in [1.82, 2.24) is 4.72 Å². The van der Waals surface area contributed by atoms with E-state index in [1.807, 2.05) is 6.07 Å². The van der Waals surface area contributed by atoms with Gasteiger partial charge in [-0.15, -0.1) is 0 Å². The Labute approximate surface area is 121 Å². The molecule has 2 aromatic rings. The number of nitriles is 1. The lowest BCUT2D eigenvalue weighted by Crippen LogP contribution is -2.17. The molecule has 0 amide bonds. The average Bonchev–Trinajstić information content (AvgIpc) is 2.95. The Kier molecular flexibility index (Phi) is 4.26. The number of benzene rings is 1. The van der Waals surface area contributed by atoms with E-state index in [0.717, 1.165) is 6.07 Å². The number of sulfonamides is 1. The molecule has 21 heavy (non-hydrogen) atoms. The standard InChI is InChI=1S/C13H12FN3O3S/c1-16-21(18,19)13-5-3-10(20-13)8-17-12-4-2-9(7-15)6-11(12)14/h2-6,16-17H,8H2,1H3. The first-order valence-electron chi connectivity index (χ1n) is 5.92. The number of halogens is 1. The summed E-state index contributed by atoms with van der Waals surface area (Å²) in [6.07, 6.45) is 0. The average molecular weight is 309 g/mol. The van der Waals surface area contributed by atoms with Gasteiger partial charge in [-0.1, -0.05) is 0 Å². The topological polar surface area (TPSA) is 95.1 Å². The van der Waals surface area contributed by atoms with Gasteiger partial charge in [0.25, 0.3) is 10.0 Å². The van der Waals surface area contributed by atoms with Crippen molar-refractivity contribution in [2.75, 3.05) is 12.4 Å². The minimum atomic E-state index is -3.63. The normalized spacial score (nSPS) is 11.1. The van der Waals surface area contributed by atoms with E-state index in [0.29, 0.717) is 5.76 Å². The summed E-state index contributed by atoms with van der Waals surface area (Å²) in [5.74, 6) is -0.226. The van der Waals surface area contributed by atoms with Crippen molar-refractivity contribution in [3.05, 3.63) is 47.5 Å². The maximum atomic E-state index is 13.6. The third-order valence-electron chi connectivity index (χ3n) is 2.72. The Balaban J connectivity index is 2.09. The summed E-state index contributed by atoms with van der Waals surface area (Å²) < 4.78 is 43.9. The van der Waals surface area contributed by atoms with Gasteiger partial charge in [0.2, 0.25) is 5.09 Å². The molecule has 8 heteroatoms. The highest BCUT2D eigenvalue weighted by Gasteiger charge is 2.16. The summed E-state index contributed by atoms with van der Waals surface area (Å²) in [6.45, 7) is 0.113. The van der Waals surface area contributed by atoms with Crippen molar-refractivity contribution in [3.63, 3.8) is 0 Å². The highest BCUT2D eigenvalue weighted by atomic mass is 32.2. The molecule has 6 nitrogen and oxygen atoms in total. The number of nitrogens with zero attached hydrogens (tertiary/aromatic N) is 1. The van der Waals surface area contributed by atoms with Crippen LogP contribution >= 0.6 is 0 Å². The smallest absolute Gasteiger partial charge is 0.273 e. The van der Waals surface area contributed by atoms with Gasteiger partial charge in [-0.2, -0.15) is 5.26 Å². The van der Waals surface area contributed by atoms with Gasteiger partial charge in [-0.05, 0) is 37.4 Å². The van der Waals surface area contributed by atoms with Crippen molar-refractivity contribution in [2.24, 2.45) is 0 Å². The second-order valence-corrected chi connectivity index (χ2v) is 5.91. The lowest BCUT2D eigenvalue weighted by atomic mass is 10.2. The molecule has 0 atom stereocenters. The molecule has 1 heterocycles. The summed E-state index contributed by atoms with van der Waals surface area (Å²) in [5, 5.41) is 11.2. The van der Waals surface area contributed by atoms with E-state index >= 15 is 0 Å². The molecule has 2 rings (SSSR count). The molecule has 0 aliphatic heterocycles. The number of nitrogens with one attached hydrogen (secondary N) is 2. The largest absolute Gasteiger partial charge is 0.446 e. The van der Waals surface area contributed by atoms with E-state index in [-0.39, 0.29) is 22.9 Å². The maximum absolute atomic E-state index is 13.6. The van der Waals surface area contributed by atoms with Crippen LogP contribution in [-0.4, -0.2) is 15.5 Å². The highest BCUT2D eigenvalue weighted by molar-refractivity contribution is 7.89. The molecule has 0 saturated heterocycles. The summed E-state index contributed by atoms with van der Waals surface area (Å²) >= 11 is 0.